The maximum absolute atomic E-state index is 13.0. The smallest absolute Gasteiger partial charge is 0.260 e. The maximum atomic E-state index is 13.0. The summed E-state index contributed by atoms with van der Waals surface area (Å²) < 4.78 is 52.0. The van der Waals surface area contributed by atoms with Crippen LogP contribution in [0.4, 0.5) is 0 Å². The number of rotatable bonds is 23. The van der Waals surface area contributed by atoms with Crippen LogP contribution in [0.2, 0.25) is 0 Å². The molecule has 7 unspecified atom stereocenters. The highest BCUT2D eigenvalue weighted by molar-refractivity contribution is 5.63. The summed E-state index contributed by atoms with van der Waals surface area (Å²) in [5, 5.41) is 0. The van der Waals surface area contributed by atoms with Crippen molar-refractivity contribution in [3.63, 3.8) is 0 Å². The van der Waals surface area contributed by atoms with Crippen molar-refractivity contribution in [1.82, 2.24) is 0 Å². The van der Waals surface area contributed by atoms with Gasteiger partial charge in [-0.2, -0.15) is 0 Å². The highest BCUT2D eigenvalue weighted by Gasteiger charge is 2.57. The van der Waals surface area contributed by atoms with Crippen LogP contribution in [0.1, 0.15) is 93.9 Å². The molecular formula is C26H52O10. The van der Waals surface area contributed by atoms with Gasteiger partial charge in [0.25, 0.3) is 5.79 Å². The second-order valence-corrected chi connectivity index (χ2v) is 8.82. The number of carbonyl (C=O) groups is 1. The van der Waals surface area contributed by atoms with Crippen LogP contribution >= 0.6 is 0 Å². The Balaban J connectivity index is 6.44. The van der Waals surface area contributed by atoms with Gasteiger partial charge >= 0.3 is 0 Å². The lowest BCUT2D eigenvalue weighted by molar-refractivity contribution is -0.411. The summed E-state index contributed by atoms with van der Waals surface area (Å²) in [7, 11) is 4.58. The molecular weight excluding hydrogens is 472 g/mol. The van der Waals surface area contributed by atoms with Crippen LogP contribution in [0.3, 0.4) is 0 Å². The van der Waals surface area contributed by atoms with Gasteiger partial charge in [0.05, 0.1) is 0 Å². The van der Waals surface area contributed by atoms with E-state index in [1.165, 1.54) is 14.2 Å². The molecule has 0 aromatic heterocycles. The summed E-state index contributed by atoms with van der Waals surface area (Å²) in [5.74, 6) is -1.90. The number of unbranched alkanes of at least 4 members (excludes halogenated alkanes) is 3. The van der Waals surface area contributed by atoms with E-state index in [2.05, 4.69) is 6.92 Å². The van der Waals surface area contributed by atoms with Gasteiger partial charge in [-0.25, -0.2) is 0 Å². The van der Waals surface area contributed by atoms with Crippen molar-refractivity contribution in [3.8, 4) is 0 Å². The van der Waals surface area contributed by atoms with Crippen LogP contribution in [-0.4, -0.2) is 76.7 Å². The zero-order chi connectivity index (χ0) is 27.8. The molecule has 0 aliphatic carbocycles. The SMILES string of the molecule is CCCCCCC(CC)(OC(C)OC(C)OC)C(C=O)(OC(C)OC(C)OC)OC(C)OC(C)OC. The summed E-state index contributed by atoms with van der Waals surface area (Å²) >= 11 is 0. The summed E-state index contributed by atoms with van der Waals surface area (Å²) in [6, 6.07) is 0. The Morgan fingerprint density at radius 1 is 0.611 bits per heavy atom. The third kappa shape index (κ3) is 11.8. The summed E-state index contributed by atoms with van der Waals surface area (Å²) in [6.07, 6.45) is 1.18. The summed E-state index contributed by atoms with van der Waals surface area (Å²) in [5.41, 5.74) is -1.24. The van der Waals surface area contributed by atoms with Gasteiger partial charge in [-0.05, 0) is 54.4 Å². The van der Waals surface area contributed by atoms with Crippen molar-refractivity contribution in [2.75, 3.05) is 21.3 Å². The minimum absolute atomic E-state index is 0.381. The van der Waals surface area contributed by atoms with Crippen molar-refractivity contribution in [1.29, 1.82) is 0 Å². The molecule has 0 aliphatic rings. The zero-order valence-corrected chi connectivity index (χ0v) is 24.4. The predicted molar refractivity (Wildman–Crippen MR) is 135 cm³/mol. The molecule has 36 heavy (non-hydrogen) atoms. The molecule has 0 spiro atoms. The summed E-state index contributed by atoms with van der Waals surface area (Å²) in [6.45, 7) is 14.4. The first-order valence-corrected chi connectivity index (χ1v) is 13.0. The molecule has 216 valence electrons. The molecule has 0 radical (unpaired) electrons. The zero-order valence-electron chi connectivity index (χ0n) is 24.4. The molecule has 7 atom stereocenters. The van der Waals surface area contributed by atoms with E-state index < -0.39 is 49.1 Å². The lowest BCUT2D eigenvalue weighted by atomic mass is 9.84. The average molecular weight is 525 g/mol. The third-order valence-corrected chi connectivity index (χ3v) is 6.01. The fourth-order valence-corrected chi connectivity index (χ4v) is 3.94. The quantitative estimate of drug-likeness (QED) is 0.102. The molecule has 0 rings (SSSR count). The van der Waals surface area contributed by atoms with E-state index in [1.807, 2.05) is 6.92 Å². The Hall–Kier alpha value is -0.690. The lowest BCUT2D eigenvalue weighted by Gasteiger charge is -2.48. The number of methoxy groups -OCH3 is 3. The fourth-order valence-electron chi connectivity index (χ4n) is 3.94. The van der Waals surface area contributed by atoms with Gasteiger partial charge in [-0.15, -0.1) is 0 Å². The molecule has 0 N–H and O–H groups in total. The predicted octanol–water partition coefficient (Wildman–Crippen LogP) is 5.12. The number of hydrogen-bond acceptors (Lipinski definition) is 10. The van der Waals surface area contributed by atoms with Crippen LogP contribution in [0.5, 0.6) is 0 Å². The summed E-state index contributed by atoms with van der Waals surface area (Å²) in [4.78, 5) is 13.0. The molecule has 0 saturated heterocycles. The van der Waals surface area contributed by atoms with Crippen molar-refractivity contribution >= 4 is 6.29 Å². The van der Waals surface area contributed by atoms with Crippen LogP contribution in [0.25, 0.3) is 0 Å². The minimum atomic E-state index is -1.90. The second-order valence-electron chi connectivity index (χ2n) is 8.82. The monoisotopic (exact) mass is 524 g/mol. The number of hydrogen-bond donors (Lipinski definition) is 0. The average Bonchev–Trinajstić information content (AvgIpc) is 2.84. The standard InChI is InChI=1S/C26H52O10/c1-12-14-15-16-17-25(13-2,34-22(6)31-19(3)28-9)26(18-27,35-23(7)32-20(4)29-10)36-24(8)33-21(5)30-11/h18-24H,12-17H2,1-11H3. The minimum Gasteiger partial charge on any atom is -0.356 e. The van der Waals surface area contributed by atoms with Crippen LogP contribution in [0, 0.1) is 0 Å². The molecule has 0 saturated carbocycles. The Morgan fingerprint density at radius 3 is 1.36 bits per heavy atom. The number of aldehydes is 1. The first-order valence-electron chi connectivity index (χ1n) is 13.0. The van der Waals surface area contributed by atoms with Crippen molar-refractivity contribution in [2.24, 2.45) is 0 Å². The van der Waals surface area contributed by atoms with Gasteiger partial charge in [0.2, 0.25) is 0 Å². The molecule has 0 fully saturated rings. The van der Waals surface area contributed by atoms with Crippen LogP contribution in [0.15, 0.2) is 0 Å². The lowest BCUT2D eigenvalue weighted by Crippen LogP contribution is -2.64. The van der Waals surface area contributed by atoms with Gasteiger partial charge in [0.1, 0.15) is 5.60 Å². The van der Waals surface area contributed by atoms with E-state index in [0.717, 1.165) is 25.7 Å². The van der Waals surface area contributed by atoms with Crippen molar-refractivity contribution < 1.29 is 47.4 Å². The molecule has 0 aromatic carbocycles. The van der Waals surface area contributed by atoms with E-state index in [0.29, 0.717) is 19.1 Å². The van der Waals surface area contributed by atoms with E-state index in [-0.39, 0.29) is 0 Å². The molecule has 10 nitrogen and oxygen atoms in total. The van der Waals surface area contributed by atoms with E-state index in [1.54, 1.807) is 48.7 Å². The highest BCUT2D eigenvalue weighted by atomic mass is 16.9. The van der Waals surface area contributed by atoms with Gasteiger partial charge in [-0.1, -0.05) is 39.5 Å². The molecule has 0 heterocycles. The van der Waals surface area contributed by atoms with E-state index >= 15 is 0 Å². The Morgan fingerprint density at radius 2 is 1.03 bits per heavy atom. The van der Waals surface area contributed by atoms with Gasteiger partial charge in [0, 0.05) is 21.3 Å². The van der Waals surface area contributed by atoms with Crippen molar-refractivity contribution in [3.05, 3.63) is 0 Å². The first-order chi connectivity index (χ1) is 17.0. The Bertz CT molecular complexity index is 543. The van der Waals surface area contributed by atoms with Crippen molar-refractivity contribution in [2.45, 2.75) is 143 Å². The normalized spacial score (nSPS) is 20.5. The van der Waals surface area contributed by atoms with Gasteiger partial charge < -0.3 is 42.6 Å². The fraction of sp³-hybridized carbons (Fsp3) is 0.962. The third-order valence-electron chi connectivity index (χ3n) is 6.01. The van der Waals surface area contributed by atoms with E-state index in [9.17, 15) is 4.79 Å². The highest BCUT2D eigenvalue weighted by Crippen LogP contribution is 2.41. The number of ether oxygens (including phenoxy) is 9. The number of carbonyl (C=O) groups excluding carboxylic acids is 1. The largest absolute Gasteiger partial charge is 0.356 e. The molecule has 0 aromatic rings. The van der Waals surface area contributed by atoms with E-state index in [4.69, 9.17) is 42.6 Å². The topological polar surface area (TPSA) is 100 Å². The van der Waals surface area contributed by atoms with Gasteiger partial charge in [0.15, 0.2) is 44.0 Å². The van der Waals surface area contributed by atoms with Crippen LogP contribution < -0.4 is 0 Å². The molecule has 0 amide bonds. The maximum Gasteiger partial charge on any atom is 0.260 e. The van der Waals surface area contributed by atoms with Gasteiger partial charge in [-0.3, -0.25) is 4.79 Å². The Kier molecular flexibility index (Phi) is 18.2. The second kappa shape index (κ2) is 18.5. The molecule has 0 aliphatic heterocycles. The molecule has 10 heteroatoms. The van der Waals surface area contributed by atoms with Crippen LogP contribution in [-0.2, 0) is 47.4 Å². The Labute approximate surface area is 218 Å². The molecule has 0 bridgehead atoms. The first kappa shape index (κ1) is 35.3.